The van der Waals surface area contributed by atoms with Crippen LogP contribution < -0.4 is 0 Å². The molecule has 0 aliphatic heterocycles. The number of aryl methyl sites for hydroxylation is 1. The highest BCUT2D eigenvalue weighted by molar-refractivity contribution is 5.99. The first-order chi connectivity index (χ1) is 18.3. The first kappa shape index (κ1) is 23.9. The van der Waals surface area contributed by atoms with Gasteiger partial charge in [-0.05, 0) is 41.1 Å². The minimum atomic E-state index is -0.193. The Balaban J connectivity index is 1.62. The Hall–Kier alpha value is -4.78. The van der Waals surface area contributed by atoms with Gasteiger partial charge in [-0.25, -0.2) is 4.99 Å². The predicted molar refractivity (Wildman–Crippen MR) is 156 cm³/mol. The molecule has 0 aliphatic carbocycles. The Labute approximate surface area is 219 Å². The Morgan fingerprint density at radius 2 is 1.16 bits per heavy atom. The lowest BCUT2D eigenvalue weighted by atomic mass is 9.97. The summed E-state index contributed by atoms with van der Waals surface area (Å²) in [4.78, 5) is 9.96. The van der Waals surface area contributed by atoms with Crippen LogP contribution in [0.15, 0.2) is 150 Å². The Morgan fingerprint density at radius 1 is 0.622 bits per heavy atom. The molecule has 5 aromatic carbocycles. The average molecular weight is 477 g/mol. The van der Waals surface area contributed by atoms with E-state index in [1.54, 1.807) is 0 Å². The van der Waals surface area contributed by atoms with Crippen LogP contribution in [0.3, 0.4) is 0 Å². The largest absolute Gasteiger partial charge is 0.280 e. The molecule has 178 valence electrons. The lowest BCUT2D eigenvalue weighted by Gasteiger charge is -2.15. The number of para-hydroxylation sites is 1. The van der Waals surface area contributed by atoms with Crippen molar-refractivity contribution in [3.8, 4) is 0 Å². The van der Waals surface area contributed by atoms with Gasteiger partial charge in [-0.2, -0.15) is 0 Å². The molecule has 2 heteroatoms. The molecule has 5 aromatic rings. The molecule has 0 fully saturated rings. The zero-order valence-electron chi connectivity index (χ0n) is 20.8. The monoisotopic (exact) mass is 476 g/mol. The van der Waals surface area contributed by atoms with Gasteiger partial charge in [0, 0.05) is 11.8 Å². The molecule has 37 heavy (non-hydrogen) atoms. The first-order valence-corrected chi connectivity index (χ1v) is 12.5. The number of hydrogen-bond donors (Lipinski definition) is 0. The van der Waals surface area contributed by atoms with Crippen LogP contribution in [-0.4, -0.2) is 12.1 Å². The van der Waals surface area contributed by atoms with E-state index < -0.39 is 0 Å². The van der Waals surface area contributed by atoms with E-state index in [0.29, 0.717) is 0 Å². The van der Waals surface area contributed by atoms with E-state index in [4.69, 9.17) is 9.98 Å². The smallest absolute Gasteiger partial charge is 0.102 e. The van der Waals surface area contributed by atoms with Gasteiger partial charge in [-0.3, -0.25) is 4.99 Å². The van der Waals surface area contributed by atoms with Crippen molar-refractivity contribution in [2.75, 3.05) is 0 Å². The lowest BCUT2D eigenvalue weighted by molar-refractivity contribution is 0.878. The van der Waals surface area contributed by atoms with Crippen molar-refractivity contribution in [1.82, 2.24) is 0 Å². The summed E-state index contributed by atoms with van der Waals surface area (Å²) >= 11 is 0. The van der Waals surface area contributed by atoms with E-state index in [9.17, 15) is 0 Å². The Kier molecular flexibility index (Phi) is 7.61. The summed E-state index contributed by atoms with van der Waals surface area (Å²) < 4.78 is 0. The molecule has 0 aromatic heterocycles. The molecule has 0 saturated carbocycles. The standard InChI is InChI=1S/C35H28N2/c1-27-21-23-28(24-22-27)25-37-35(31-17-9-4-10-18-31)32-19-11-12-20-34(32)36-26-33(29-13-5-2-6-14-29)30-15-7-3-8-16-30/h2-25,35H,1H3/t35-/m0/s1. The summed E-state index contributed by atoms with van der Waals surface area (Å²) in [5, 5.41) is 0. The second-order valence-electron chi connectivity index (χ2n) is 8.89. The van der Waals surface area contributed by atoms with Crippen molar-refractivity contribution >= 4 is 23.3 Å². The highest BCUT2D eigenvalue weighted by atomic mass is 14.8. The third-order valence-corrected chi connectivity index (χ3v) is 6.21. The molecule has 5 rings (SSSR count). The van der Waals surface area contributed by atoms with Gasteiger partial charge in [-0.1, -0.05) is 139 Å². The number of nitrogens with zero attached hydrogens (tertiary/aromatic N) is 2. The zero-order chi connectivity index (χ0) is 25.3. The van der Waals surface area contributed by atoms with Crippen molar-refractivity contribution in [1.29, 1.82) is 0 Å². The van der Waals surface area contributed by atoms with Crippen LogP contribution in [0.1, 0.15) is 39.4 Å². The van der Waals surface area contributed by atoms with Crippen molar-refractivity contribution in [2.24, 2.45) is 9.98 Å². The van der Waals surface area contributed by atoms with Gasteiger partial charge >= 0.3 is 0 Å². The summed E-state index contributed by atoms with van der Waals surface area (Å²) in [6.45, 7) is 2.09. The average Bonchev–Trinajstić information content (AvgIpc) is 2.97. The Bertz CT molecular complexity index is 1490. The van der Waals surface area contributed by atoms with Crippen molar-refractivity contribution in [3.05, 3.63) is 173 Å². The van der Waals surface area contributed by atoms with Gasteiger partial charge in [0.25, 0.3) is 0 Å². The molecule has 1 atom stereocenters. The normalized spacial score (nSPS) is 11.6. The summed E-state index contributed by atoms with van der Waals surface area (Å²) in [5.74, 6) is 3.39. The topological polar surface area (TPSA) is 24.7 Å². The molecule has 0 heterocycles. The second-order valence-corrected chi connectivity index (χ2v) is 8.89. The number of benzene rings is 5. The summed E-state index contributed by atoms with van der Waals surface area (Å²) in [6.07, 6.45) is 1.95. The maximum Gasteiger partial charge on any atom is 0.102 e. The van der Waals surface area contributed by atoms with E-state index in [1.165, 1.54) is 5.56 Å². The predicted octanol–water partition coefficient (Wildman–Crippen LogP) is 8.64. The third-order valence-electron chi connectivity index (χ3n) is 6.21. The van der Waals surface area contributed by atoms with Gasteiger partial charge in [-0.15, -0.1) is 0 Å². The number of aliphatic imine (C=N–C) groups is 2. The zero-order valence-corrected chi connectivity index (χ0v) is 20.8. The number of rotatable bonds is 7. The van der Waals surface area contributed by atoms with Crippen LogP contribution in [-0.2, 0) is 0 Å². The van der Waals surface area contributed by atoms with Crippen LogP contribution in [0.4, 0.5) is 5.69 Å². The van der Waals surface area contributed by atoms with Crippen molar-refractivity contribution in [3.63, 3.8) is 0 Å². The van der Waals surface area contributed by atoms with Crippen molar-refractivity contribution in [2.45, 2.75) is 13.0 Å². The van der Waals surface area contributed by atoms with Crippen LogP contribution in [0.25, 0.3) is 5.57 Å². The van der Waals surface area contributed by atoms with Gasteiger partial charge < -0.3 is 0 Å². The third kappa shape index (κ3) is 6.08. The van der Waals surface area contributed by atoms with E-state index in [-0.39, 0.29) is 6.04 Å². The fourth-order valence-electron chi connectivity index (χ4n) is 4.24. The number of hydrogen-bond acceptors (Lipinski definition) is 2. The van der Waals surface area contributed by atoms with Gasteiger partial charge in [0.2, 0.25) is 0 Å². The lowest BCUT2D eigenvalue weighted by Crippen LogP contribution is -2.00. The van der Waals surface area contributed by atoms with Gasteiger partial charge in [0.05, 0.1) is 11.3 Å². The van der Waals surface area contributed by atoms with Crippen LogP contribution in [0.5, 0.6) is 0 Å². The first-order valence-electron chi connectivity index (χ1n) is 12.5. The molecule has 0 bridgehead atoms. The molecular formula is C35H28N2. The van der Waals surface area contributed by atoms with Gasteiger partial charge in [0.15, 0.2) is 0 Å². The molecule has 0 spiro atoms. The highest BCUT2D eigenvalue weighted by Crippen LogP contribution is 2.33. The summed E-state index contributed by atoms with van der Waals surface area (Å²) in [7, 11) is 0. The molecule has 0 radical (unpaired) electrons. The fraction of sp³-hybridized carbons (Fsp3) is 0.0571. The molecule has 2 nitrogen and oxygen atoms in total. The van der Waals surface area contributed by atoms with Crippen LogP contribution >= 0.6 is 0 Å². The van der Waals surface area contributed by atoms with Crippen molar-refractivity contribution < 1.29 is 0 Å². The van der Waals surface area contributed by atoms with E-state index >= 15 is 0 Å². The minimum Gasteiger partial charge on any atom is -0.280 e. The van der Waals surface area contributed by atoms with E-state index in [1.807, 2.05) is 66.9 Å². The molecule has 0 aliphatic rings. The van der Waals surface area contributed by atoms with E-state index in [2.05, 4.69) is 91.7 Å². The summed E-state index contributed by atoms with van der Waals surface area (Å²) in [5.41, 5.74) is 8.41. The van der Waals surface area contributed by atoms with Crippen LogP contribution in [0, 0.1) is 6.92 Å². The maximum absolute atomic E-state index is 5.05. The Morgan fingerprint density at radius 3 is 1.78 bits per heavy atom. The fourth-order valence-corrected chi connectivity index (χ4v) is 4.24. The highest BCUT2D eigenvalue weighted by Gasteiger charge is 2.16. The quantitative estimate of drug-likeness (QED) is 0.210. The molecule has 0 unspecified atom stereocenters. The molecular weight excluding hydrogens is 448 g/mol. The van der Waals surface area contributed by atoms with Gasteiger partial charge in [0.1, 0.15) is 6.04 Å². The van der Waals surface area contributed by atoms with E-state index in [0.717, 1.165) is 39.1 Å². The molecule has 0 saturated heterocycles. The molecule has 0 amide bonds. The summed E-state index contributed by atoms with van der Waals surface area (Å²) in [6, 6.07) is 47.4. The SMILES string of the molecule is Cc1ccc(C=N[C@@H](c2ccccc2)c2ccccc2N=C=C(c2ccccc2)c2ccccc2)cc1. The van der Waals surface area contributed by atoms with Crippen LogP contribution in [0.2, 0.25) is 0 Å². The molecule has 0 N–H and O–H groups in total. The second kappa shape index (κ2) is 11.8. The minimum absolute atomic E-state index is 0.193. The maximum atomic E-state index is 5.05.